The lowest BCUT2D eigenvalue weighted by molar-refractivity contribution is 0.181. The molecule has 3 atom stereocenters. The minimum absolute atomic E-state index is 0.378. The van der Waals surface area contributed by atoms with E-state index in [1.165, 1.54) is 37.9 Å². The molecule has 20 heavy (non-hydrogen) atoms. The maximum Gasteiger partial charge on any atom is 0.0992 e. The van der Waals surface area contributed by atoms with Crippen LogP contribution in [0.3, 0.4) is 0 Å². The van der Waals surface area contributed by atoms with E-state index in [-0.39, 0.29) is 0 Å². The minimum Gasteiger partial charge on any atom is -0.360 e. The van der Waals surface area contributed by atoms with Crippen molar-refractivity contribution in [3.63, 3.8) is 0 Å². The van der Waals surface area contributed by atoms with Gasteiger partial charge in [-0.1, -0.05) is 19.3 Å². The van der Waals surface area contributed by atoms with Gasteiger partial charge in [0.1, 0.15) is 0 Å². The second kappa shape index (κ2) is 6.51. The van der Waals surface area contributed by atoms with Crippen LogP contribution in [0.4, 0.5) is 0 Å². The van der Waals surface area contributed by atoms with Crippen LogP contribution in [-0.2, 0) is 0 Å². The Balaban J connectivity index is 2.15. The van der Waals surface area contributed by atoms with E-state index in [0.717, 1.165) is 19.3 Å². The van der Waals surface area contributed by atoms with Gasteiger partial charge in [-0.2, -0.15) is 0 Å². The zero-order valence-electron chi connectivity index (χ0n) is 13.4. The molecule has 0 aromatic rings. The van der Waals surface area contributed by atoms with Gasteiger partial charge in [0.05, 0.1) is 13.7 Å². The molecule has 112 valence electrons. The number of likely N-dealkylation sites (tertiary alicyclic amines) is 1. The summed E-state index contributed by atoms with van der Waals surface area (Å²) in [4.78, 5) is 7.23. The molecule has 2 N–H and O–H groups in total. The van der Waals surface area contributed by atoms with E-state index in [9.17, 15) is 0 Å². The molecule has 0 spiro atoms. The summed E-state index contributed by atoms with van der Waals surface area (Å²) >= 11 is 0. The molecule has 2 radical (unpaired) electrons. The summed E-state index contributed by atoms with van der Waals surface area (Å²) in [5, 5.41) is 0. The lowest BCUT2D eigenvalue weighted by atomic mass is 9.67. The first-order valence-corrected chi connectivity index (χ1v) is 8.26. The van der Waals surface area contributed by atoms with Gasteiger partial charge in [0.25, 0.3) is 0 Å². The summed E-state index contributed by atoms with van der Waals surface area (Å²) in [6.45, 7) is 4.31. The van der Waals surface area contributed by atoms with Gasteiger partial charge in [-0.3, -0.25) is 4.99 Å². The molecular formula is C16H30BN3. The lowest BCUT2D eigenvalue weighted by Gasteiger charge is -2.44. The summed E-state index contributed by atoms with van der Waals surface area (Å²) in [6, 6.07) is 0.953. The van der Waals surface area contributed by atoms with Crippen LogP contribution < -0.4 is 5.73 Å². The Labute approximate surface area is 125 Å². The summed E-state index contributed by atoms with van der Waals surface area (Å²) in [5.41, 5.74) is 5.84. The third-order valence-corrected chi connectivity index (χ3v) is 4.88. The molecular weight excluding hydrogens is 245 g/mol. The molecule has 0 bridgehead atoms. The molecule has 2 aliphatic rings. The van der Waals surface area contributed by atoms with Gasteiger partial charge in [-0.15, -0.1) is 0 Å². The monoisotopic (exact) mass is 275 g/mol. The highest BCUT2D eigenvalue weighted by Gasteiger charge is 2.36. The molecule has 3 unspecified atom stereocenters. The fourth-order valence-electron chi connectivity index (χ4n) is 3.89. The Morgan fingerprint density at radius 2 is 2.05 bits per heavy atom. The maximum atomic E-state index is 6.31. The molecule has 4 heteroatoms. The second-order valence-corrected chi connectivity index (χ2v) is 7.15. The Morgan fingerprint density at radius 1 is 1.30 bits per heavy atom. The molecule has 1 heterocycles. The molecule has 2 fully saturated rings. The van der Waals surface area contributed by atoms with Gasteiger partial charge in [0.2, 0.25) is 0 Å². The van der Waals surface area contributed by atoms with E-state index in [4.69, 9.17) is 18.6 Å². The maximum absolute atomic E-state index is 6.31. The smallest absolute Gasteiger partial charge is 0.0992 e. The van der Waals surface area contributed by atoms with Crippen LogP contribution in [0.25, 0.3) is 0 Å². The Hall–Kier alpha value is -0.505. The largest absolute Gasteiger partial charge is 0.360 e. The molecule has 3 nitrogen and oxygen atoms in total. The quantitative estimate of drug-likeness (QED) is 0.747. The van der Waals surface area contributed by atoms with Crippen molar-refractivity contribution < 1.29 is 0 Å². The Kier molecular flexibility index (Phi) is 5.17. The molecule has 0 aromatic carbocycles. The van der Waals surface area contributed by atoms with Crippen LogP contribution in [0, 0.1) is 5.92 Å². The van der Waals surface area contributed by atoms with E-state index >= 15 is 0 Å². The molecule has 1 saturated carbocycles. The van der Waals surface area contributed by atoms with Gasteiger partial charge in [-0.25, -0.2) is 0 Å². The van der Waals surface area contributed by atoms with Crippen molar-refractivity contribution in [2.24, 2.45) is 16.6 Å². The van der Waals surface area contributed by atoms with Crippen molar-refractivity contribution in [2.75, 3.05) is 7.05 Å². The average Bonchev–Trinajstić information content (AvgIpc) is 2.41. The van der Waals surface area contributed by atoms with Crippen LogP contribution in [-0.4, -0.2) is 43.2 Å². The van der Waals surface area contributed by atoms with Crippen LogP contribution in [0.2, 0.25) is 0 Å². The first kappa shape index (κ1) is 15.9. The number of hydrogen-bond acceptors (Lipinski definition) is 2. The molecule has 2 rings (SSSR count). The summed E-state index contributed by atoms with van der Waals surface area (Å²) in [7, 11) is 8.53. The van der Waals surface area contributed by atoms with E-state index in [0.29, 0.717) is 18.0 Å². The SMILES string of the molecule is [B]C1(N)CCCCCC2C(CCC(=NC(C)C)N2C)C1. The van der Waals surface area contributed by atoms with Gasteiger partial charge in [-0.05, 0) is 50.9 Å². The molecule has 1 saturated heterocycles. The number of nitrogens with zero attached hydrogens (tertiary/aromatic N) is 2. The predicted octanol–water partition coefficient (Wildman–Crippen LogP) is 2.68. The second-order valence-electron chi connectivity index (χ2n) is 7.15. The predicted molar refractivity (Wildman–Crippen MR) is 87.2 cm³/mol. The fraction of sp³-hybridized carbons (Fsp3) is 0.938. The summed E-state index contributed by atoms with van der Waals surface area (Å²) in [6.07, 6.45) is 9.16. The average molecular weight is 275 g/mol. The zero-order chi connectivity index (χ0) is 14.8. The van der Waals surface area contributed by atoms with Crippen molar-refractivity contribution in [3.05, 3.63) is 0 Å². The zero-order valence-corrected chi connectivity index (χ0v) is 13.4. The highest BCUT2D eigenvalue weighted by Crippen LogP contribution is 2.35. The first-order valence-electron chi connectivity index (χ1n) is 8.26. The molecule has 0 aromatic heterocycles. The van der Waals surface area contributed by atoms with Crippen molar-refractivity contribution in [3.8, 4) is 0 Å². The highest BCUT2D eigenvalue weighted by atomic mass is 15.2. The fourth-order valence-corrected chi connectivity index (χ4v) is 3.89. The standard InChI is InChI=1S/C16H30BN3/c1-12(2)19-15-9-8-13-11-16(17,18)10-6-4-5-7-14(13)20(15)3/h12-14H,4-11,18H2,1-3H3. The lowest BCUT2D eigenvalue weighted by Crippen LogP contribution is -2.51. The van der Waals surface area contributed by atoms with E-state index in [1.807, 2.05) is 0 Å². The van der Waals surface area contributed by atoms with Crippen molar-refractivity contribution >= 4 is 13.7 Å². The number of hydrogen-bond donors (Lipinski definition) is 1. The Bertz CT molecular complexity index is 352. The summed E-state index contributed by atoms with van der Waals surface area (Å²) in [5.74, 6) is 1.90. The normalized spacial score (nSPS) is 38.2. The number of nitrogens with two attached hydrogens (primary N) is 1. The van der Waals surface area contributed by atoms with E-state index in [2.05, 4.69) is 25.8 Å². The van der Waals surface area contributed by atoms with E-state index in [1.54, 1.807) is 0 Å². The topological polar surface area (TPSA) is 41.6 Å². The molecule has 1 aliphatic carbocycles. The third-order valence-electron chi connectivity index (χ3n) is 4.88. The van der Waals surface area contributed by atoms with Gasteiger partial charge in [0.15, 0.2) is 0 Å². The summed E-state index contributed by atoms with van der Waals surface area (Å²) < 4.78 is 0. The number of piperidine rings is 1. The first-order chi connectivity index (χ1) is 9.39. The van der Waals surface area contributed by atoms with Crippen LogP contribution >= 0.6 is 0 Å². The van der Waals surface area contributed by atoms with Gasteiger partial charge >= 0.3 is 0 Å². The van der Waals surface area contributed by atoms with Crippen molar-refractivity contribution in [1.29, 1.82) is 0 Å². The van der Waals surface area contributed by atoms with Crippen LogP contribution in [0.5, 0.6) is 0 Å². The van der Waals surface area contributed by atoms with Crippen molar-refractivity contribution in [1.82, 2.24) is 4.90 Å². The van der Waals surface area contributed by atoms with E-state index < -0.39 is 5.44 Å². The van der Waals surface area contributed by atoms with Crippen LogP contribution in [0.1, 0.15) is 65.2 Å². The number of fused-ring (bicyclic) bond motifs is 1. The molecule has 0 amide bonds. The number of aliphatic imine (C=N–C) groups is 1. The van der Waals surface area contributed by atoms with Crippen LogP contribution in [0.15, 0.2) is 4.99 Å². The van der Waals surface area contributed by atoms with Crippen molar-refractivity contribution in [2.45, 2.75) is 82.7 Å². The number of rotatable bonds is 1. The Morgan fingerprint density at radius 3 is 2.75 bits per heavy atom. The number of amidine groups is 1. The van der Waals surface area contributed by atoms with Gasteiger partial charge < -0.3 is 10.6 Å². The highest BCUT2D eigenvalue weighted by molar-refractivity contribution is 6.15. The van der Waals surface area contributed by atoms with Gasteiger partial charge in [0, 0.05) is 25.6 Å². The minimum atomic E-state index is -0.471. The molecule has 1 aliphatic heterocycles. The third kappa shape index (κ3) is 4.00.